The molecule has 4 heteroatoms. The van der Waals surface area contributed by atoms with Crippen LogP contribution < -0.4 is 5.32 Å². The fraction of sp³-hybridized carbons (Fsp3) is 0.609. The summed E-state index contributed by atoms with van der Waals surface area (Å²) in [4.78, 5) is 13.0. The highest BCUT2D eigenvalue weighted by molar-refractivity contribution is 5.66. The molecule has 0 amide bonds. The summed E-state index contributed by atoms with van der Waals surface area (Å²) in [5, 5.41) is 12.8. The summed E-state index contributed by atoms with van der Waals surface area (Å²) in [6, 6.07) is 12.5. The number of carboxylic acids is 1. The summed E-state index contributed by atoms with van der Waals surface area (Å²) in [6.07, 6.45) is 9.76. The van der Waals surface area contributed by atoms with E-state index in [0.29, 0.717) is 30.6 Å². The third-order valence-corrected chi connectivity index (χ3v) is 6.27. The zero-order valence-corrected chi connectivity index (χ0v) is 16.7. The van der Waals surface area contributed by atoms with E-state index in [-0.39, 0.29) is 6.42 Å². The molecule has 2 aliphatic rings. The van der Waals surface area contributed by atoms with Crippen LogP contribution in [0.4, 0.5) is 0 Å². The molecule has 1 aromatic carbocycles. The van der Waals surface area contributed by atoms with Crippen molar-refractivity contribution in [1.82, 2.24) is 10.2 Å². The second-order valence-corrected chi connectivity index (χ2v) is 8.23. The van der Waals surface area contributed by atoms with Crippen LogP contribution in [-0.4, -0.2) is 47.7 Å². The van der Waals surface area contributed by atoms with Crippen molar-refractivity contribution in [2.24, 2.45) is 5.92 Å². The molecule has 148 valence electrons. The first-order chi connectivity index (χ1) is 13.1. The summed E-state index contributed by atoms with van der Waals surface area (Å²) in [5.74, 6) is -0.00145. The van der Waals surface area contributed by atoms with Crippen molar-refractivity contribution in [3.8, 4) is 0 Å². The number of nitrogens with one attached hydrogen (secondary N) is 1. The van der Waals surface area contributed by atoms with E-state index >= 15 is 0 Å². The van der Waals surface area contributed by atoms with Gasteiger partial charge < -0.3 is 15.3 Å². The first-order valence-electron chi connectivity index (χ1n) is 10.5. The lowest BCUT2D eigenvalue weighted by Crippen LogP contribution is -2.42. The van der Waals surface area contributed by atoms with Gasteiger partial charge in [-0.15, -0.1) is 0 Å². The summed E-state index contributed by atoms with van der Waals surface area (Å²) < 4.78 is 0. The predicted octanol–water partition coefficient (Wildman–Crippen LogP) is 4.18. The molecule has 2 fully saturated rings. The smallest absolute Gasteiger partial charge is 0.304 e. The second kappa shape index (κ2) is 9.52. The number of carbonyl (C=O) groups is 1. The highest BCUT2D eigenvalue weighted by Gasteiger charge is 2.40. The Morgan fingerprint density at radius 2 is 1.93 bits per heavy atom. The summed E-state index contributed by atoms with van der Waals surface area (Å²) in [6.45, 7) is 2.93. The van der Waals surface area contributed by atoms with Crippen LogP contribution in [-0.2, 0) is 4.79 Å². The van der Waals surface area contributed by atoms with Gasteiger partial charge in [0.2, 0.25) is 0 Å². The van der Waals surface area contributed by atoms with Gasteiger partial charge in [-0.2, -0.15) is 0 Å². The Hall–Kier alpha value is -1.65. The molecule has 3 rings (SSSR count). The fourth-order valence-corrected chi connectivity index (χ4v) is 4.46. The SMILES string of the molecule is CCC(=Cc1ccccc1)[C@@H]1C[C@H]1N[C@H]1CC[C@H](N(C)CCC(=O)O)CC1. The maximum absolute atomic E-state index is 10.8. The van der Waals surface area contributed by atoms with Gasteiger partial charge in [0.1, 0.15) is 0 Å². The quantitative estimate of drug-likeness (QED) is 0.685. The van der Waals surface area contributed by atoms with Crippen molar-refractivity contribution in [2.75, 3.05) is 13.6 Å². The van der Waals surface area contributed by atoms with E-state index in [9.17, 15) is 4.79 Å². The molecular weight excluding hydrogens is 336 g/mol. The van der Waals surface area contributed by atoms with Crippen molar-refractivity contribution in [2.45, 2.75) is 70.0 Å². The molecule has 2 saturated carbocycles. The minimum Gasteiger partial charge on any atom is -0.481 e. The van der Waals surface area contributed by atoms with E-state index in [1.807, 2.05) is 0 Å². The summed E-state index contributed by atoms with van der Waals surface area (Å²) in [7, 11) is 2.07. The number of aliphatic carboxylic acids is 1. The third-order valence-electron chi connectivity index (χ3n) is 6.27. The third kappa shape index (κ3) is 5.91. The van der Waals surface area contributed by atoms with Gasteiger partial charge in [0.05, 0.1) is 6.42 Å². The lowest BCUT2D eigenvalue weighted by Gasteiger charge is -2.35. The van der Waals surface area contributed by atoms with Crippen LogP contribution in [0.25, 0.3) is 6.08 Å². The van der Waals surface area contributed by atoms with E-state index in [4.69, 9.17) is 5.11 Å². The maximum Gasteiger partial charge on any atom is 0.304 e. The van der Waals surface area contributed by atoms with E-state index in [1.54, 1.807) is 5.57 Å². The van der Waals surface area contributed by atoms with Gasteiger partial charge in [-0.05, 0) is 57.1 Å². The molecule has 2 N–H and O–H groups in total. The molecule has 27 heavy (non-hydrogen) atoms. The molecule has 0 aliphatic heterocycles. The monoisotopic (exact) mass is 370 g/mol. The summed E-state index contributed by atoms with van der Waals surface area (Å²) >= 11 is 0. The van der Waals surface area contributed by atoms with E-state index in [0.717, 1.165) is 6.42 Å². The molecule has 0 aromatic heterocycles. The van der Waals surface area contributed by atoms with Crippen LogP contribution in [0.15, 0.2) is 35.9 Å². The minimum atomic E-state index is -0.702. The molecule has 0 spiro atoms. The molecule has 2 aliphatic carbocycles. The molecule has 0 heterocycles. The largest absolute Gasteiger partial charge is 0.481 e. The Kier molecular flexibility index (Phi) is 7.08. The van der Waals surface area contributed by atoms with Crippen LogP contribution >= 0.6 is 0 Å². The van der Waals surface area contributed by atoms with Gasteiger partial charge in [0.15, 0.2) is 0 Å². The first kappa shape index (κ1) is 20.1. The number of carboxylic acid groups (broad SMARTS) is 1. The lowest BCUT2D eigenvalue weighted by molar-refractivity contribution is -0.137. The predicted molar refractivity (Wildman–Crippen MR) is 111 cm³/mol. The van der Waals surface area contributed by atoms with Crippen molar-refractivity contribution in [3.05, 3.63) is 41.5 Å². The highest BCUT2D eigenvalue weighted by Crippen LogP contribution is 2.40. The molecule has 0 saturated heterocycles. The van der Waals surface area contributed by atoms with Gasteiger partial charge in [0.25, 0.3) is 0 Å². The first-order valence-corrected chi connectivity index (χ1v) is 10.5. The molecule has 0 unspecified atom stereocenters. The Balaban J connectivity index is 1.43. The van der Waals surface area contributed by atoms with E-state index < -0.39 is 5.97 Å². The number of hydrogen-bond donors (Lipinski definition) is 2. The topological polar surface area (TPSA) is 52.6 Å². The molecule has 0 bridgehead atoms. The Labute approximate surface area is 163 Å². The number of rotatable bonds is 9. The second-order valence-electron chi connectivity index (χ2n) is 8.23. The average Bonchev–Trinajstić information content (AvgIpc) is 3.44. The van der Waals surface area contributed by atoms with Crippen LogP contribution in [0.1, 0.15) is 57.4 Å². The zero-order chi connectivity index (χ0) is 19.2. The number of benzene rings is 1. The zero-order valence-electron chi connectivity index (χ0n) is 16.7. The van der Waals surface area contributed by atoms with Crippen LogP contribution in [0.3, 0.4) is 0 Å². The van der Waals surface area contributed by atoms with Gasteiger partial charge in [0, 0.05) is 24.7 Å². The summed E-state index contributed by atoms with van der Waals surface area (Å²) in [5.41, 5.74) is 2.88. The fourth-order valence-electron chi connectivity index (χ4n) is 4.46. The minimum absolute atomic E-state index is 0.242. The van der Waals surface area contributed by atoms with Gasteiger partial charge in [-0.3, -0.25) is 4.79 Å². The Morgan fingerprint density at radius 3 is 2.56 bits per heavy atom. The molecule has 0 radical (unpaired) electrons. The van der Waals surface area contributed by atoms with Gasteiger partial charge in [-0.1, -0.05) is 48.9 Å². The van der Waals surface area contributed by atoms with Crippen molar-refractivity contribution < 1.29 is 9.90 Å². The van der Waals surface area contributed by atoms with E-state index in [2.05, 4.69) is 60.6 Å². The maximum atomic E-state index is 10.8. The van der Waals surface area contributed by atoms with Crippen molar-refractivity contribution >= 4 is 12.0 Å². The molecular formula is C23H34N2O2. The normalized spacial score (nSPS) is 28.3. The Morgan fingerprint density at radius 1 is 1.22 bits per heavy atom. The van der Waals surface area contributed by atoms with Gasteiger partial charge >= 0.3 is 5.97 Å². The standard InChI is InChI=1S/C23H34N2O2/c1-3-18(15-17-7-5-4-6-8-17)21-16-22(21)24-19-9-11-20(12-10-19)25(2)14-13-23(26)27/h4-8,15,19-22,24H,3,9-14,16H2,1-2H3,(H,26,27)/t19-,20-,21-,22+/m0/s1. The number of hydrogen-bond acceptors (Lipinski definition) is 3. The molecule has 2 atom stereocenters. The Bertz CT molecular complexity index is 635. The van der Waals surface area contributed by atoms with Crippen molar-refractivity contribution in [1.29, 1.82) is 0 Å². The molecule has 4 nitrogen and oxygen atoms in total. The lowest BCUT2D eigenvalue weighted by atomic mass is 9.90. The van der Waals surface area contributed by atoms with E-state index in [1.165, 1.54) is 37.7 Å². The van der Waals surface area contributed by atoms with Crippen molar-refractivity contribution in [3.63, 3.8) is 0 Å². The highest BCUT2D eigenvalue weighted by atomic mass is 16.4. The van der Waals surface area contributed by atoms with Crippen LogP contribution in [0.5, 0.6) is 0 Å². The molecule has 1 aromatic rings. The number of nitrogens with zero attached hydrogens (tertiary/aromatic N) is 1. The van der Waals surface area contributed by atoms with Crippen LogP contribution in [0, 0.1) is 5.92 Å². The van der Waals surface area contributed by atoms with Gasteiger partial charge in [-0.25, -0.2) is 0 Å². The van der Waals surface area contributed by atoms with Crippen LogP contribution in [0.2, 0.25) is 0 Å². The average molecular weight is 371 g/mol.